The topological polar surface area (TPSA) is 29.5 Å². The smallest absolute Gasteiger partial charge is 0.192 e. The van der Waals surface area contributed by atoms with Gasteiger partial charge in [0.2, 0.25) is 0 Å². The molecule has 0 aliphatic carbocycles. The number of hydrogen-bond donors (Lipinski definition) is 1. The molecule has 0 bridgehead atoms. The molecule has 1 N–H and O–H groups in total. The standard InChI is InChI=1S/C16H34O2Si/c1-8-9-10-14(2)11-12-15(17)13-18-19(6,7)16(3,4)5/h11-12,14-15,17H,8-10,13H2,1-7H3/b12-11+/t14-,15-/m1/s1. The molecule has 0 aromatic carbocycles. The number of hydrogen-bond acceptors (Lipinski definition) is 2. The van der Waals surface area contributed by atoms with E-state index >= 15 is 0 Å². The molecule has 0 spiro atoms. The van der Waals surface area contributed by atoms with Crippen LogP contribution in [0.1, 0.15) is 53.9 Å². The first-order valence-corrected chi connectivity index (χ1v) is 10.5. The summed E-state index contributed by atoms with van der Waals surface area (Å²) < 4.78 is 6.01. The Morgan fingerprint density at radius 3 is 2.26 bits per heavy atom. The van der Waals surface area contributed by atoms with Crippen molar-refractivity contribution in [2.45, 2.75) is 78.1 Å². The zero-order valence-corrected chi connectivity index (χ0v) is 15.0. The summed E-state index contributed by atoms with van der Waals surface area (Å²) in [6.07, 6.45) is 7.22. The van der Waals surface area contributed by atoms with Gasteiger partial charge in [0, 0.05) is 0 Å². The van der Waals surface area contributed by atoms with Crippen molar-refractivity contribution in [2.24, 2.45) is 5.92 Å². The molecule has 0 aromatic heterocycles. The summed E-state index contributed by atoms with van der Waals surface area (Å²) in [6, 6.07) is 0. The Balaban J connectivity index is 4.12. The molecular weight excluding hydrogens is 252 g/mol. The van der Waals surface area contributed by atoms with Crippen molar-refractivity contribution in [3.05, 3.63) is 12.2 Å². The highest BCUT2D eigenvalue weighted by atomic mass is 28.4. The number of aliphatic hydroxyl groups is 1. The van der Waals surface area contributed by atoms with Crippen LogP contribution in [0.15, 0.2) is 12.2 Å². The SMILES string of the molecule is CCCC[C@@H](C)/C=C/[C@@H](O)CO[Si](C)(C)C(C)(C)C. The molecule has 0 heterocycles. The first kappa shape index (κ1) is 18.9. The largest absolute Gasteiger partial charge is 0.414 e. The van der Waals surface area contributed by atoms with E-state index in [2.05, 4.69) is 53.8 Å². The summed E-state index contributed by atoms with van der Waals surface area (Å²) in [6.45, 7) is 15.9. The predicted molar refractivity (Wildman–Crippen MR) is 87.0 cm³/mol. The Bertz CT molecular complexity index is 266. The Morgan fingerprint density at radius 2 is 1.79 bits per heavy atom. The van der Waals surface area contributed by atoms with Crippen LogP contribution in [0, 0.1) is 5.92 Å². The quantitative estimate of drug-likeness (QED) is 0.515. The third-order valence-electron chi connectivity index (χ3n) is 4.10. The van der Waals surface area contributed by atoms with E-state index in [-0.39, 0.29) is 5.04 Å². The molecule has 0 fully saturated rings. The predicted octanol–water partition coefficient (Wildman–Crippen LogP) is 4.75. The van der Waals surface area contributed by atoms with Gasteiger partial charge in [-0.1, -0.05) is 59.6 Å². The molecule has 2 nitrogen and oxygen atoms in total. The maximum absolute atomic E-state index is 9.96. The lowest BCUT2D eigenvalue weighted by atomic mass is 10.0. The average Bonchev–Trinajstić information content (AvgIpc) is 2.29. The minimum atomic E-state index is -1.74. The zero-order chi connectivity index (χ0) is 15.1. The first-order valence-electron chi connectivity index (χ1n) is 7.60. The molecule has 0 amide bonds. The maximum Gasteiger partial charge on any atom is 0.192 e. The molecule has 2 atom stereocenters. The Kier molecular flexibility index (Phi) is 8.17. The van der Waals surface area contributed by atoms with E-state index in [1.807, 2.05) is 6.08 Å². The Hall–Kier alpha value is -0.123. The van der Waals surface area contributed by atoms with Crippen LogP contribution in [0.25, 0.3) is 0 Å². The fourth-order valence-electron chi connectivity index (χ4n) is 1.51. The summed E-state index contributed by atoms with van der Waals surface area (Å²) in [7, 11) is -1.74. The van der Waals surface area contributed by atoms with Crippen LogP contribution in [0.5, 0.6) is 0 Å². The average molecular weight is 287 g/mol. The van der Waals surface area contributed by atoms with Gasteiger partial charge >= 0.3 is 0 Å². The van der Waals surface area contributed by atoms with Gasteiger partial charge in [-0.3, -0.25) is 0 Å². The summed E-state index contributed by atoms with van der Waals surface area (Å²) in [5.74, 6) is 0.544. The fraction of sp³-hybridized carbons (Fsp3) is 0.875. The van der Waals surface area contributed by atoms with Gasteiger partial charge in [0.1, 0.15) is 0 Å². The molecular formula is C16H34O2Si. The second-order valence-corrected chi connectivity index (χ2v) is 12.0. The lowest BCUT2D eigenvalue weighted by Crippen LogP contribution is -2.42. The van der Waals surface area contributed by atoms with Gasteiger partial charge in [0.25, 0.3) is 0 Å². The maximum atomic E-state index is 9.96. The number of rotatable bonds is 8. The van der Waals surface area contributed by atoms with E-state index in [1.54, 1.807) is 0 Å². The zero-order valence-electron chi connectivity index (χ0n) is 14.0. The molecule has 0 saturated carbocycles. The first-order chi connectivity index (χ1) is 8.60. The van der Waals surface area contributed by atoms with Crippen LogP contribution in [-0.4, -0.2) is 26.1 Å². The number of allylic oxidation sites excluding steroid dienone is 1. The van der Waals surface area contributed by atoms with Crippen molar-refractivity contribution in [1.82, 2.24) is 0 Å². The van der Waals surface area contributed by atoms with Gasteiger partial charge in [-0.2, -0.15) is 0 Å². The second-order valence-electron chi connectivity index (χ2n) is 7.14. The van der Waals surface area contributed by atoms with Crippen LogP contribution >= 0.6 is 0 Å². The van der Waals surface area contributed by atoms with Crippen molar-refractivity contribution in [3.8, 4) is 0 Å². The fourth-order valence-corrected chi connectivity index (χ4v) is 2.53. The van der Waals surface area contributed by atoms with Gasteiger partial charge in [-0.25, -0.2) is 0 Å². The molecule has 114 valence electrons. The lowest BCUT2D eigenvalue weighted by molar-refractivity contribution is 0.135. The van der Waals surface area contributed by atoms with E-state index in [4.69, 9.17) is 4.43 Å². The van der Waals surface area contributed by atoms with Crippen LogP contribution < -0.4 is 0 Å². The highest BCUT2D eigenvalue weighted by Crippen LogP contribution is 2.36. The van der Waals surface area contributed by atoms with Gasteiger partial charge in [0.05, 0.1) is 12.7 Å². The van der Waals surface area contributed by atoms with Gasteiger partial charge in [0.15, 0.2) is 8.32 Å². The molecule has 0 saturated heterocycles. The number of unbranched alkanes of at least 4 members (excludes halogenated alkanes) is 1. The third kappa shape index (κ3) is 7.90. The van der Waals surface area contributed by atoms with Gasteiger partial charge < -0.3 is 9.53 Å². The minimum absolute atomic E-state index is 0.199. The second kappa shape index (κ2) is 8.23. The summed E-state index contributed by atoms with van der Waals surface area (Å²) in [5.41, 5.74) is 0. The normalized spacial score (nSPS) is 16.8. The molecule has 0 rings (SSSR count). The van der Waals surface area contributed by atoms with Crippen molar-refractivity contribution < 1.29 is 9.53 Å². The monoisotopic (exact) mass is 286 g/mol. The van der Waals surface area contributed by atoms with E-state index < -0.39 is 14.4 Å². The van der Waals surface area contributed by atoms with Crippen molar-refractivity contribution >= 4 is 8.32 Å². The summed E-state index contributed by atoms with van der Waals surface area (Å²) in [4.78, 5) is 0. The van der Waals surface area contributed by atoms with Crippen LogP contribution in [0.4, 0.5) is 0 Å². The van der Waals surface area contributed by atoms with E-state index in [1.165, 1.54) is 19.3 Å². The van der Waals surface area contributed by atoms with Crippen LogP contribution in [0.3, 0.4) is 0 Å². The van der Waals surface area contributed by atoms with Crippen LogP contribution in [-0.2, 0) is 4.43 Å². The highest BCUT2D eigenvalue weighted by Gasteiger charge is 2.37. The van der Waals surface area contributed by atoms with E-state index in [0.717, 1.165) is 0 Å². The summed E-state index contributed by atoms with van der Waals surface area (Å²) in [5, 5.41) is 10.2. The lowest BCUT2D eigenvalue weighted by Gasteiger charge is -2.36. The van der Waals surface area contributed by atoms with Crippen molar-refractivity contribution in [2.75, 3.05) is 6.61 Å². The Labute approximate surface area is 121 Å². The number of aliphatic hydroxyl groups excluding tert-OH is 1. The molecule has 3 heteroatoms. The highest BCUT2D eigenvalue weighted by molar-refractivity contribution is 6.74. The molecule has 0 radical (unpaired) electrons. The van der Waals surface area contributed by atoms with E-state index in [9.17, 15) is 5.11 Å². The van der Waals surface area contributed by atoms with Crippen molar-refractivity contribution in [3.63, 3.8) is 0 Å². The van der Waals surface area contributed by atoms with Gasteiger partial charge in [-0.05, 0) is 30.5 Å². The summed E-state index contributed by atoms with van der Waals surface area (Å²) >= 11 is 0. The molecule has 0 aliphatic heterocycles. The molecule has 0 aliphatic rings. The molecule has 0 unspecified atom stereocenters. The van der Waals surface area contributed by atoms with E-state index in [0.29, 0.717) is 12.5 Å². The van der Waals surface area contributed by atoms with Crippen LogP contribution in [0.2, 0.25) is 18.1 Å². The molecule has 19 heavy (non-hydrogen) atoms. The minimum Gasteiger partial charge on any atom is -0.414 e. The Morgan fingerprint density at radius 1 is 1.21 bits per heavy atom. The third-order valence-corrected chi connectivity index (χ3v) is 8.60. The van der Waals surface area contributed by atoms with Crippen molar-refractivity contribution in [1.29, 1.82) is 0 Å². The van der Waals surface area contributed by atoms with Gasteiger partial charge in [-0.15, -0.1) is 0 Å². The molecule has 0 aromatic rings.